The molecule has 23 heavy (non-hydrogen) atoms. The fourth-order valence-corrected chi connectivity index (χ4v) is 2.94. The highest BCUT2D eigenvalue weighted by Crippen LogP contribution is 2.14. The normalized spacial score (nSPS) is 14.0. The summed E-state index contributed by atoms with van der Waals surface area (Å²) in [6.45, 7) is 1.06. The summed E-state index contributed by atoms with van der Waals surface area (Å²) in [4.78, 5) is 22.8. The van der Waals surface area contributed by atoms with Crippen molar-refractivity contribution in [1.29, 1.82) is 0 Å². The summed E-state index contributed by atoms with van der Waals surface area (Å²) in [7, 11) is -2.65. The first-order chi connectivity index (χ1) is 10.7. The molecule has 0 radical (unpaired) electrons. The van der Waals surface area contributed by atoms with Crippen LogP contribution in [0.2, 0.25) is 5.02 Å². The van der Waals surface area contributed by atoms with E-state index in [4.69, 9.17) is 16.7 Å². The Labute approximate surface area is 138 Å². The highest BCUT2D eigenvalue weighted by molar-refractivity contribution is 7.89. The SMILES string of the molecule is COCC(NC(=O)C(C)NS(=O)(=O)c1ccc(Cl)cc1)C(=O)O. The van der Waals surface area contributed by atoms with Gasteiger partial charge in [0.1, 0.15) is 0 Å². The summed E-state index contributed by atoms with van der Waals surface area (Å²) in [5.41, 5.74) is 0. The van der Waals surface area contributed by atoms with Crippen molar-refractivity contribution in [2.75, 3.05) is 13.7 Å². The van der Waals surface area contributed by atoms with E-state index in [9.17, 15) is 18.0 Å². The number of hydrogen-bond donors (Lipinski definition) is 3. The molecule has 1 aromatic rings. The van der Waals surface area contributed by atoms with Crippen molar-refractivity contribution >= 4 is 33.5 Å². The zero-order valence-electron chi connectivity index (χ0n) is 12.4. The molecule has 0 heterocycles. The van der Waals surface area contributed by atoms with Gasteiger partial charge in [-0.25, -0.2) is 13.2 Å². The van der Waals surface area contributed by atoms with Gasteiger partial charge in [0.25, 0.3) is 0 Å². The van der Waals surface area contributed by atoms with Gasteiger partial charge in [0.05, 0.1) is 17.5 Å². The van der Waals surface area contributed by atoms with Crippen molar-refractivity contribution in [3.63, 3.8) is 0 Å². The maximum Gasteiger partial charge on any atom is 0.328 e. The third-order valence-corrected chi connectivity index (χ3v) is 4.61. The lowest BCUT2D eigenvalue weighted by Crippen LogP contribution is -2.51. The summed E-state index contributed by atoms with van der Waals surface area (Å²) in [6.07, 6.45) is 0. The number of methoxy groups -OCH3 is 1. The van der Waals surface area contributed by atoms with Gasteiger partial charge in [-0.05, 0) is 31.2 Å². The number of carboxylic acids is 1. The third-order valence-electron chi connectivity index (χ3n) is 2.80. The lowest BCUT2D eigenvalue weighted by atomic mass is 10.2. The molecule has 0 bridgehead atoms. The number of nitrogens with one attached hydrogen (secondary N) is 2. The molecule has 2 atom stereocenters. The van der Waals surface area contributed by atoms with Crippen LogP contribution in [0.3, 0.4) is 0 Å². The van der Waals surface area contributed by atoms with Gasteiger partial charge in [-0.1, -0.05) is 11.6 Å². The van der Waals surface area contributed by atoms with E-state index in [-0.39, 0.29) is 11.5 Å². The lowest BCUT2D eigenvalue weighted by molar-refractivity contribution is -0.143. The number of carbonyl (C=O) groups excluding carboxylic acids is 1. The molecule has 1 aromatic carbocycles. The highest BCUT2D eigenvalue weighted by atomic mass is 35.5. The zero-order valence-corrected chi connectivity index (χ0v) is 14.0. The van der Waals surface area contributed by atoms with E-state index in [0.29, 0.717) is 5.02 Å². The van der Waals surface area contributed by atoms with Crippen LogP contribution in [-0.4, -0.2) is 51.2 Å². The van der Waals surface area contributed by atoms with Crippen molar-refractivity contribution < 1.29 is 27.9 Å². The Hall–Kier alpha value is -1.68. The second kappa shape index (κ2) is 8.25. The molecule has 3 N–H and O–H groups in total. The van der Waals surface area contributed by atoms with E-state index in [1.807, 2.05) is 0 Å². The predicted octanol–water partition coefficient (Wildman–Crippen LogP) is 0.223. The number of ether oxygens (including phenoxy) is 1. The topological polar surface area (TPSA) is 122 Å². The van der Waals surface area contributed by atoms with E-state index in [1.165, 1.54) is 38.3 Å². The Bertz CT molecular complexity index is 662. The highest BCUT2D eigenvalue weighted by Gasteiger charge is 2.26. The summed E-state index contributed by atoms with van der Waals surface area (Å²) in [6, 6.07) is 2.95. The first-order valence-corrected chi connectivity index (χ1v) is 8.33. The van der Waals surface area contributed by atoms with E-state index < -0.39 is 34.0 Å². The fraction of sp³-hybridized carbons (Fsp3) is 0.385. The van der Waals surface area contributed by atoms with Crippen LogP contribution < -0.4 is 10.0 Å². The van der Waals surface area contributed by atoms with Crippen LogP contribution in [0.4, 0.5) is 0 Å². The average molecular weight is 365 g/mol. The second-order valence-corrected chi connectivity index (χ2v) is 6.80. The van der Waals surface area contributed by atoms with Crippen LogP contribution in [0.1, 0.15) is 6.92 Å². The molecule has 0 aromatic heterocycles. The minimum absolute atomic E-state index is 0.0618. The standard InChI is InChI=1S/C13H17ClN2O6S/c1-8(12(17)15-11(7-22-2)13(18)19)16-23(20,21)10-5-3-9(14)4-6-10/h3-6,8,11,16H,7H2,1-2H3,(H,15,17)(H,18,19). The number of carboxylic acid groups (broad SMARTS) is 1. The van der Waals surface area contributed by atoms with Gasteiger partial charge in [0, 0.05) is 12.1 Å². The van der Waals surface area contributed by atoms with Gasteiger partial charge in [-0.15, -0.1) is 0 Å². The Kier molecular flexibility index (Phi) is 6.95. The predicted molar refractivity (Wildman–Crippen MR) is 82.7 cm³/mol. The number of benzene rings is 1. The van der Waals surface area contributed by atoms with Crippen LogP contribution in [0.15, 0.2) is 29.2 Å². The molecule has 2 unspecified atom stereocenters. The van der Waals surface area contributed by atoms with Crippen LogP contribution >= 0.6 is 11.6 Å². The molecule has 1 amide bonds. The zero-order chi connectivity index (χ0) is 17.6. The smallest absolute Gasteiger partial charge is 0.328 e. The molecule has 128 valence electrons. The van der Waals surface area contributed by atoms with Crippen LogP contribution in [-0.2, 0) is 24.3 Å². The molecule has 0 aliphatic carbocycles. The Morgan fingerprint density at radius 1 is 1.30 bits per heavy atom. The number of halogens is 1. The molecule has 0 saturated carbocycles. The molecule has 10 heteroatoms. The minimum atomic E-state index is -3.94. The molecular weight excluding hydrogens is 348 g/mol. The van der Waals surface area contributed by atoms with Crippen LogP contribution in [0.25, 0.3) is 0 Å². The Balaban J connectivity index is 2.77. The molecule has 0 saturated heterocycles. The van der Waals surface area contributed by atoms with Gasteiger partial charge < -0.3 is 15.2 Å². The summed E-state index contributed by atoms with van der Waals surface area (Å²) in [5.74, 6) is -2.07. The van der Waals surface area contributed by atoms with Gasteiger partial charge in [0.2, 0.25) is 15.9 Å². The molecule has 1 rings (SSSR count). The largest absolute Gasteiger partial charge is 0.480 e. The first kappa shape index (κ1) is 19.4. The molecule has 8 nitrogen and oxygen atoms in total. The van der Waals surface area contributed by atoms with E-state index in [1.54, 1.807) is 0 Å². The fourth-order valence-electron chi connectivity index (χ4n) is 1.61. The van der Waals surface area contributed by atoms with E-state index >= 15 is 0 Å². The van der Waals surface area contributed by atoms with Gasteiger partial charge >= 0.3 is 5.97 Å². The maximum atomic E-state index is 12.1. The van der Waals surface area contributed by atoms with Crippen molar-refractivity contribution in [1.82, 2.24) is 10.0 Å². The summed E-state index contributed by atoms with van der Waals surface area (Å²) < 4.78 is 31.1. The van der Waals surface area contributed by atoms with E-state index in [0.717, 1.165) is 0 Å². The Morgan fingerprint density at radius 3 is 2.35 bits per heavy atom. The maximum absolute atomic E-state index is 12.1. The van der Waals surface area contributed by atoms with Crippen molar-refractivity contribution in [3.05, 3.63) is 29.3 Å². The van der Waals surface area contributed by atoms with E-state index in [2.05, 4.69) is 14.8 Å². The number of aliphatic carboxylic acids is 1. The quantitative estimate of drug-likeness (QED) is 0.606. The molecular formula is C13H17ClN2O6S. The summed E-state index contributed by atoms with van der Waals surface area (Å²) in [5, 5.41) is 11.5. The van der Waals surface area contributed by atoms with Crippen LogP contribution in [0.5, 0.6) is 0 Å². The molecule has 0 spiro atoms. The number of hydrogen-bond acceptors (Lipinski definition) is 5. The van der Waals surface area contributed by atoms with Crippen molar-refractivity contribution in [2.24, 2.45) is 0 Å². The van der Waals surface area contributed by atoms with Crippen molar-refractivity contribution in [2.45, 2.75) is 23.9 Å². The third kappa shape index (κ3) is 5.79. The number of amides is 1. The summed E-state index contributed by atoms with van der Waals surface area (Å²) >= 11 is 5.69. The minimum Gasteiger partial charge on any atom is -0.480 e. The van der Waals surface area contributed by atoms with Gasteiger partial charge in [-0.2, -0.15) is 4.72 Å². The molecule has 0 aliphatic rings. The molecule has 0 fully saturated rings. The number of carbonyl (C=O) groups is 2. The van der Waals surface area contributed by atoms with Gasteiger partial charge in [0.15, 0.2) is 6.04 Å². The Morgan fingerprint density at radius 2 is 1.87 bits per heavy atom. The number of rotatable bonds is 8. The first-order valence-electron chi connectivity index (χ1n) is 6.47. The van der Waals surface area contributed by atoms with Gasteiger partial charge in [-0.3, -0.25) is 4.79 Å². The molecule has 0 aliphatic heterocycles. The average Bonchev–Trinajstić information content (AvgIpc) is 2.46. The van der Waals surface area contributed by atoms with Crippen molar-refractivity contribution in [3.8, 4) is 0 Å². The monoisotopic (exact) mass is 364 g/mol. The van der Waals surface area contributed by atoms with Crippen LogP contribution in [0, 0.1) is 0 Å². The lowest BCUT2D eigenvalue weighted by Gasteiger charge is -2.18. The number of sulfonamides is 1. The second-order valence-electron chi connectivity index (χ2n) is 4.65.